The number of pyridine rings is 1. The molecule has 3 aromatic heterocycles. The maximum Gasteiger partial charge on any atom is 0.186 e. The molecule has 0 saturated carbocycles. The van der Waals surface area contributed by atoms with E-state index in [4.69, 9.17) is 5.26 Å². The number of ketones is 1. The summed E-state index contributed by atoms with van der Waals surface area (Å²) in [4.78, 5) is 21.1. The highest BCUT2D eigenvalue weighted by atomic mass is 32.1. The highest BCUT2D eigenvalue weighted by Gasteiger charge is 2.14. The SMILES string of the molecule is N#Cc1cnc(CC(=O)c2cccn2Cc2ccncc2)s1. The molecule has 0 radical (unpaired) electrons. The zero-order valence-electron chi connectivity index (χ0n) is 11.6. The van der Waals surface area contributed by atoms with Crippen LogP contribution in [-0.2, 0) is 13.0 Å². The maximum atomic E-state index is 12.4. The van der Waals surface area contributed by atoms with Gasteiger partial charge in [-0.15, -0.1) is 11.3 Å². The summed E-state index contributed by atoms with van der Waals surface area (Å²) in [6.45, 7) is 0.623. The first-order chi connectivity index (χ1) is 10.8. The van der Waals surface area contributed by atoms with Crippen LogP contribution in [0.25, 0.3) is 0 Å². The Labute approximate surface area is 131 Å². The molecule has 0 fully saturated rings. The molecule has 0 atom stereocenters. The van der Waals surface area contributed by atoms with E-state index in [-0.39, 0.29) is 12.2 Å². The fourth-order valence-electron chi connectivity index (χ4n) is 2.16. The summed E-state index contributed by atoms with van der Waals surface area (Å²) in [5, 5.41) is 9.47. The van der Waals surface area contributed by atoms with E-state index in [0.29, 0.717) is 22.1 Å². The van der Waals surface area contributed by atoms with Gasteiger partial charge < -0.3 is 4.57 Å². The van der Waals surface area contributed by atoms with Crippen molar-refractivity contribution in [1.82, 2.24) is 14.5 Å². The quantitative estimate of drug-likeness (QED) is 0.679. The minimum atomic E-state index is -0.00195. The lowest BCUT2D eigenvalue weighted by atomic mass is 10.2. The van der Waals surface area contributed by atoms with Crippen molar-refractivity contribution in [3.63, 3.8) is 0 Å². The Hall–Kier alpha value is -2.78. The van der Waals surface area contributed by atoms with Gasteiger partial charge in [0.25, 0.3) is 0 Å². The Kier molecular flexibility index (Phi) is 4.08. The third kappa shape index (κ3) is 3.10. The number of aromatic nitrogens is 3. The van der Waals surface area contributed by atoms with Crippen molar-refractivity contribution in [3.05, 3.63) is 70.2 Å². The third-order valence-corrected chi connectivity index (χ3v) is 4.10. The van der Waals surface area contributed by atoms with Crippen LogP contribution in [0, 0.1) is 11.3 Å². The van der Waals surface area contributed by atoms with Crippen LogP contribution in [-0.4, -0.2) is 20.3 Å². The molecular formula is C16H12N4OS. The van der Waals surface area contributed by atoms with Gasteiger partial charge in [0, 0.05) is 25.1 Å². The summed E-state index contributed by atoms with van der Waals surface area (Å²) in [6.07, 6.45) is 7.07. The number of rotatable bonds is 5. The molecular weight excluding hydrogens is 296 g/mol. The van der Waals surface area contributed by atoms with Gasteiger partial charge in [-0.1, -0.05) is 0 Å². The number of thiazole rings is 1. The Morgan fingerprint density at radius 1 is 1.32 bits per heavy atom. The number of nitrogens with zero attached hydrogens (tertiary/aromatic N) is 4. The molecule has 0 N–H and O–H groups in total. The molecule has 0 amide bonds. The molecule has 0 bridgehead atoms. The van der Waals surface area contributed by atoms with Gasteiger partial charge in [-0.25, -0.2) is 4.98 Å². The van der Waals surface area contributed by atoms with Gasteiger partial charge >= 0.3 is 0 Å². The first-order valence-electron chi connectivity index (χ1n) is 6.68. The first kappa shape index (κ1) is 14.2. The van der Waals surface area contributed by atoms with Gasteiger partial charge in [0.1, 0.15) is 16.0 Å². The van der Waals surface area contributed by atoms with E-state index >= 15 is 0 Å². The molecule has 0 spiro atoms. The lowest BCUT2D eigenvalue weighted by Gasteiger charge is -2.08. The zero-order chi connectivity index (χ0) is 15.4. The van der Waals surface area contributed by atoms with Crippen molar-refractivity contribution < 1.29 is 4.79 Å². The van der Waals surface area contributed by atoms with Crippen molar-refractivity contribution >= 4 is 17.1 Å². The number of carbonyl (C=O) groups excluding carboxylic acids is 1. The van der Waals surface area contributed by atoms with Gasteiger partial charge in [-0.2, -0.15) is 5.26 Å². The topological polar surface area (TPSA) is 71.6 Å². The molecule has 0 aliphatic heterocycles. The van der Waals surface area contributed by atoms with Crippen LogP contribution >= 0.6 is 11.3 Å². The van der Waals surface area contributed by atoms with Crippen molar-refractivity contribution in [1.29, 1.82) is 5.26 Å². The van der Waals surface area contributed by atoms with E-state index in [2.05, 4.69) is 9.97 Å². The minimum Gasteiger partial charge on any atom is -0.341 e. The second-order valence-electron chi connectivity index (χ2n) is 4.71. The van der Waals surface area contributed by atoms with E-state index in [0.717, 1.165) is 5.56 Å². The lowest BCUT2D eigenvalue weighted by Crippen LogP contribution is -2.11. The highest BCUT2D eigenvalue weighted by molar-refractivity contribution is 7.12. The maximum absolute atomic E-state index is 12.4. The van der Waals surface area contributed by atoms with Crippen molar-refractivity contribution in [3.8, 4) is 6.07 Å². The number of Topliss-reactive ketones (excluding diaryl/α,β-unsaturated/α-hetero) is 1. The molecule has 0 aliphatic rings. The number of nitriles is 1. The van der Waals surface area contributed by atoms with E-state index < -0.39 is 0 Å². The molecule has 5 nitrogen and oxygen atoms in total. The van der Waals surface area contributed by atoms with Crippen molar-refractivity contribution in [2.75, 3.05) is 0 Å². The molecule has 0 aliphatic carbocycles. The highest BCUT2D eigenvalue weighted by Crippen LogP contribution is 2.15. The lowest BCUT2D eigenvalue weighted by molar-refractivity contribution is 0.0984. The van der Waals surface area contributed by atoms with E-state index in [1.807, 2.05) is 41.1 Å². The first-order valence-corrected chi connectivity index (χ1v) is 7.50. The van der Waals surface area contributed by atoms with E-state index in [1.165, 1.54) is 17.5 Å². The second-order valence-corrected chi connectivity index (χ2v) is 5.82. The monoisotopic (exact) mass is 308 g/mol. The van der Waals surface area contributed by atoms with Crippen LogP contribution < -0.4 is 0 Å². The molecule has 108 valence electrons. The summed E-state index contributed by atoms with van der Waals surface area (Å²) < 4.78 is 1.91. The Balaban J connectivity index is 1.76. The molecule has 3 heterocycles. The second kappa shape index (κ2) is 6.33. The van der Waals surface area contributed by atoms with E-state index in [1.54, 1.807) is 12.4 Å². The van der Waals surface area contributed by atoms with Crippen molar-refractivity contribution in [2.24, 2.45) is 0 Å². The summed E-state index contributed by atoms with van der Waals surface area (Å²) in [5.41, 5.74) is 1.73. The molecule has 3 aromatic rings. The van der Waals surface area contributed by atoms with Crippen LogP contribution in [0.15, 0.2) is 49.1 Å². The Morgan fingerprint density at radius 2 is 2.14 bits per heavy atom. The normalized spacial score (nSPS) is 10.3. The molecule has 6 heteroatoms. The molecule has 0 aromatic carbocycles. The smallest absolute Gasteiger partial charge is 0.186 e. The largest absolute Gasteiger partial charge is 0.341 e. The third-order valence-electron chi connectivity index (χ3n) is 3.19. The predicted molar refractivity (Wildman–Crippen MR) is 82.6 cm³/mol. The van der Waals surface area contributed by atoms with Crippen LogP contribution in [0.4, 0.5) is 0 Å². The number of hydrogen-bond donors (Lipinski definition) is 0. The zero-order valence-corrected chi connectivity index (χ0v) is 12.5. The van der Waals surface area contributed by atoms with Gasteiger partial charge in [0.05, 0.1) is 18.3 Å². The standard InChI is InChI=1S/C16H12N4OS/c17-9-13-10-19-16(22-13)8-15(21)14-2-1-7-20(14)11-12-3-5-18-6-4-12/h1-7,10H,8,11H2. The summed E-state index contributed by atoms with van der Waals surface area (Å²) in [6, 6.07) is 9.55. The summed E-state index contributed by atoms with van der Waals surface area (Å²) >= 11 is 1.26. The number of carbonyl (C=O) groups is 1. The Bertz CT molecular complexity index is 829. The van der Waals surface area contributed by atoms with Crippen LogP contribution in [0.3, 0.4) is 0 Å². The average molecular weight is 308 g/mol. The predicted octanol–water partition coefficient (Wildman–Crippen LogP) is 2.68. The van der Waals surface area contributed by atoms with Gasteiger partial charge in [-0.05, 0) is 29.8 Å². The average Bonchev–Trinajstić information content (AvgIpc) is 3.17. The van der Waals surface area contributed by atoms with Crippen LogP contribution in [0.2, 0.25) is 0 Å². The van der Waals surface area contributed by atoms with Gasteiger partial charge in [0.15, 0.2) is 5.78 Å². The van der Waals surface area contributed by atoms with Crippen LogP contribution in [0.5, 0.6) is 0 Å². The van der Waals surface area contributed by atoms with E-state index in [9.17, 15) is 4.79 Å². The van der Waals surface area contributed by atoms with Gasteiger partial charge in [0.2, 0.25) is 0 Å². The fourth-order valence-corrected chi connectivity index (χ4v) is 2.88. The molecule has 22 heavy (non-hydrogen) atoms. The fraction of sp³-hybridized carbons (Fsp3) is 0.125. The van der Waals surface area contributed by atoms with Gasteiger partial charge in [-0.3, -0.25) is 9.78 Å². The van der Waals surface area contributed by atoms with Crippen LogP contribution in [0.1, 0.15) is 25.9 Å². The molecule has 0 saturated heterocycles. The summed E-state index contributed by atoms with van der Waals surface area (Å²) in [7, 11) is 0. The Morgan fingerprint density at radius 3 is 2.86 bits per heavy atom. The summed E-state index contributed by atoms with van der Waals surface area (Å²) in [5.74, 6) is -0.00195. The van der Waals surface area contributed by atoms with Crippen molar-refractivity contribution in [2.45, 2.75) is 13.0 Å². The minimum absolute atomic E-state index is 0.00195. The molecule has 3 rings (SSSR count). The number of hydrogen-bond acceptors (Lipinski definition) is 5. The molecule has 0 unspecified atom stereocenters.